The standard InChI is InChI=1S/C25H26F3N3O4/c1-15-6-11-18(24(2,3)4)20(14-15)34-22-19(12-13-21(31-22)33-5)30-23(32)29-16-7-9-17(10-8-16)35-25(26,27)28/h6-14H,1-5H3,(H2,29,30,32). The molecule has 0 spiro atoms. The van der Waals surface area contributed by atoms with Gasteiger partial charge in [-0.2, -0.15) is 4.98 Å². The number of urea groups is 1. The van der Waals surface area contributed by atoms with Gasteiger partial charge in [0.25, 0.3) is 0 Å². The molecule has 0 aliphatic heterocycles. The van der Waals surface area contributed by atoms with Gasteiger partial charge in [0.1, 0.15) is 17.2 Å². The molecule has 0 aliphatic rings. The van der Waals surface area contributed by atoms with Crippen molar-refractivity contribution in [3.63, 3.8) is 0 Å². The van der Waals surface area contributed by atoms with Crippen LogP contribution in [0.2, 0.25) is 0 Å². The molecule has 10 heteroatoms. The molecule has 0 unspecified atom stereocenters. The normalized spacial score (nSPS) is 11.5. The van der Waals surface area contributed by atoms with Crippen molar-refractivity contribution in [2.75, 3.05) is 17.7 Å². The fourth-order valence-electron chi connectivity index (χ4n) is 3.17. The van der Waals surface area contributed by atoms with E-state index in [1.165, 1.54) is 19.2 Å². The Bertz CT molecular complexity index is 1190. The number of benzene rings is 2. The molecule has 3 aromatic rings. The number of hydrogen-bond donors (Lipinski definition) is 2. The zero-order valence-electron chi connectivity index (χ0n) is 19.9. The number of carbonyl (C=O) groups excluding carboxylic acids is 1. The maximum Gasteiger partial charge on any atom is 0.573 e. The minimum absolute atomic E-state index is 0.115. The molecule has 1 heterocycles. The third kappa shape index (κ3) is 7.26. The summed E-state index contributed by atoms with van der Waals surface area (Å²) in [5.41, 5.74) is 2.25. The van der Waals surface area contributed by atoms with Crippen molar-refractivity contribution in [3.05, 3.63) is 65.7 Å². The minimum atomic E-state index is -4.80. The van der Waals surface area contributed by atoms with Crippen LogP contribution in [0.1, 0.15) is 31.9 Å². The predicted molar refractivity (Wildman–Crippen MR) is 127 cm³/mol. The lowest BCUT2D eigenvalue weighted by molar-refractivity contribution is -0.274. The van der Waals surface area contributed by atoms with E-state index in [-0.39, 0.29) is 28.5 Å². The van der Waals surface area contributed by atoms with E-state index >= 15 is 0 Å². The number of pyridine rings is 1. The van der Waals surface area contributed by atoms with Gasteiger partial charge in [0.05, 0.1) is 7.11 Å². The summed E-state index contributed by atoms with van der Waals surface area (Å²) in [7, 11) is 1.46. The Morgan fingerprint density at radius 2 is 1.63 bits per heavy atom. The van der Waals surface area contributed by atoms with Gasteiger partial charge in [-0.25, -0.2) is 4.79 Å². The van der Waals surface area contributed by atoms with E-state index < -0.39 is 18.1 Å². The Balaban J connectivity index is 1.81. The first-order valence-electron chi connectivity index (χ1n) is 10.6. The third-order valence-electron chi connectivity index (χ3n) is 4.79. The number of carbonyl (C=O) groups is 1. The highest BCUT2D eigenvalue weighted by molar-refractivity contribution is 6.00. The topological polar surface area (TPSA) is 81.7 Å². The molecule has 2 N–H and O–H groups in total. The minimum Gasteiger partial charge on any atom is -0.481 e. The summed E-state index contributed by atoms with van der Waals surface area (Å²) in [5.74, 6) is 0.592. The number of alkyl halides is 3. The van der Waals surface area contributed by atoms with Crippen molar-refractivity contribution < 1.29 is 32.2 Å². The Morgan fingerprint density at radius 3 is 2.23 bits per heavy atom. The highest BCUT2D eigenvalue weighted by atomic mass is 19.4. The van der Waals surface area contributed by atoms with Gasteiger partial charge in [-0.1, -0.05) is 32.9 Å². The average molecular weight is 489 g/mol. The van der Waals surface area contributed by atoms with Crippen LogP contribution in [0, 0.1) is 6.92 Å². The molecule has 1 aromatic heterocycles. The van der Waals surface area contributed by atoms with Crippen molar-refractivity contribution >= 4 is 17.4 Å². The Hall–Kier alpha value is -3.95. The van der Waals surface area contributed by atoms with Crippen molar-refractivity contribution in [1.82, 2.24) is 4.98 Å². The van der Waals surface area contributed by atoms with Crippen LogP contribution in [0.4, 0.5) is 29.3 Å². The number of anilines is 2. The third-order valence-corrected chi connectivity index (χ3v) is 4.79. The number of amides is 2. The number of halogens is 3. The summed E-state index contributed by atoms with van der Waals surface area (Å²) in [5, 5.41) is 5.20. The lowest BCUT2D eigenvalue weighted by atomic mass is 9.86. The first-order valence-corrected chi connectivity index (χ1v) is 10.6. The SMILES string of the molecule is COc1ccc(NC(=O)Nc2ccc(OC(F)(F)F)cc2)c(Oc2cc(C)ccc2C(C)(C)C)n1. The van der Waals surface area contributed by atoms with Crippen LogP contribution in [0.3, 0.4) is 0 Å². The van der Waals surface area contributed by atoms with E-state index in [0.29, 0.717) is 5.75 Å². The molecular weight excluding hydrogens is 463 g/mol. The molecular formula is C25H26F3N3O4. The van der Waals surface area contributed by atoms with Crippen molar-refractivity contribution in [3.8, 4) is 23.3 Å². The van der Waals surface area contributed by atoms with Crippen LogP contribution < -0.4 is 24.8 Å². The van der Waals surface area contributed by atoms with Crippen LogP contribution >= 0.6 is 0 Å². The van der Waals surface area contributed by atoms with Gasteiger partial charge < -0.3 is 24.8 Å². The summed E-state index contributed by atoms with van der Waals surface area (Å²) in [6.07, 6.45) is -4.80. The van der Waals surface area contributed by atoms with Crippen molar-refractivity contribution in [2.45, 2.75) is 39.5 Å². The fraction of sp³-hybridized carbons (Fsp3) is 0.280. The molecule has 0 saturated carbocycles. The number of rotatable bonds is 6. The molecule has 35 heavy (non-hydrogen) atoms. The number of nitrogens with zero attached hydrogens (tertiary/aromatic N) is 1. The van der Waals surface area contributed by atoms with Crippen LogP contribution in [-0.4, -0.2) is 24.5 Å². The fourth-order valence-corrected chi connectivity index (χ4v) is 3.17. The molecule has 7 nitrogen and oxygen atoms in total. The Labute approximate surface area is 201 Å². The molecule has 0 fully saturated rings. The van der Waals surface area contributed by atoms with E-state index in [1.807, 2.05) is 25.1 Å². The van der Waals surface area contributed by atoms with Crippen LogP contribution in [0.25, 0.3) is 0 Å². The largest absolute Gasteiger partial charge is 0.573 e. The van der Waals surface area contributed by atoms with E-state index in [1.54, 1.807) is 12.1 Å². The molecule has 0 bridgehead atoms. The second kappa shape index (κ2) is 10.1. The number of nitrogens with one attached hydrogen (secondary N) is 2. The maximum absolute atomic E-state index is 12.6. The zero-order chi connectivity index (χ0) is 25.8. The zero-order valence-corrected chi connectivity index (χ0v) is 19.9. The number of ether oxygens (including phenoxy) is 3. The van der Waals surface area contributed by atoms with Gasteiger partial charge in [0.15, 0.2) is 0 Å². The number of methoxy groups -OCH3 is 1. The summed E-state index contributed by atoms with van der Waals surface area (Å²) >= 11 is 0. The summed E-state index contributed by atoms with van der Waals surface area (Å²) in [6.45, 7) is 8.11. The molecule has 0 saturated heterocycles. The summed E-state index contributed by atoms with van der Waals surface area (Å²) in [4.78, 5) is 16.9. The quantitative estimate of drug-likeness (QED) is 0.388. The predicted octanol–water partition coefficient (Wildman–Crippen LogP) is 7.03. The second-order valence-corrected chi connectivity index (χ2v) is 8.71. The van der Waals surface area contributed by atoms with Gasteiger partial charge in [0, 0.05) is 17.3 Å². The van der Waals surface area contributed by atoms with Crippen LogP contribution in [0.5, 0.6) is 23.3 Å². The molecule has 186 valence electrons. The van der Waals surface area contributed by atoms with Crippen molar-refractivity contribution in [2.24, 2.45) is 0 Å². The van der Waals surface area contributed by atoms with Crippen molar-refractivity contribution in [1.29, 1.82) is 0 Å². The lowest BCUT2D eigenvalue weighted by Crippen LogP contribution is -2.20. The molecule has 3 rings (SSSR count). The smallest absolute Gasteiger partial charge is 0.481 e. The molecule has 0 atom stereocenters. The van der Waals surface area contributed by atoms with Gasteiger partial charge >= 0.3 is 12.4 Å². The number of aryl methyl sites for hydroxylation is 1. The van der Waals surface area contributed by atoms with E-state index in [4.69, 9.17) is 9.47 Å². The Morgan fingerprint density at radius 1 is 0.943 bits per heavy atom. The molecule has 0 aliphatic carbocycles. The summed E-state index contributed by atoms with van der Waals surface area (Å²) < 4.78 is 52.2. The number of aromatic nitrogens is 1. The molecule has 2 amide bonds. The first kappa shape index (κ1) is 25.7. The van der Waals surface area contributed by atoms with E-state index in [9.17, 15) is 18.0 Å². The number of hydrogen-bond acceptors (Lipinski definition) is 5. The Kier molecular flexibility index (Phi) is 7.42. The van der Waals surface area contributed by atoms with Gasteiger partial charge in [-0.3, -0.25) is 0 Å². The van der Waals surface area contributed by atoms with E-state index in [2.05, 4.69) is 41.1 Å². The molecule has 0 radical (unpaired) electrons. The highest BCUT2D eigenvalue weighted by Crippen LogP contribution is 2.37. The highest BCUT2D eigenvalue weighted by Gasteiger charge is 2.31. The summed E-state index contributed by atoms with van der Waals surface area (Å²) in [6, 6.07) is 13.1. The average Bonchev–Trinajstić information content (AvgIpc) is 2.74. The van der Waals surface area contributed by atoms with E-state index in [0.717, 1.165) is 23.3 Å². The van der Waals surface area contributed by atoms with Gasteiger partial charge in [0.2, 0.25) is 11.8 Å². The second-order valence-electron chi connectivity index (χ2n) is 8.71. The maximum atomic E-state index is 12.6. The monoisotopic (exact) mass is 489 g/mol. The van der Waals surface area contributed by atoms with Gasteiger partial charge in [-0.05, 0) is 54.3 Å². The van der Waals surface area contributed by atoms with Crippen LogP contribution in [0.15, 0.2) is 54.6 Å². The first-order chi connectivity index (χ1) is 16.3. The van der Waals surface area contributed by atoms with Gasteiger partial charge in [-0.15, -0.1) is 13.2 Å². The molecule has 2 aromatic carbocycles. The van der Waals surface area contributed by atoms with Crippen LogP contribution in [-0.2, 0) is 5.41 Å². The lowest BCUT2D eigenvalue weighted by Gasteiger charge is -2.23.